The van der Waals surface area contributed by atoms with Crippen LogP contribution in [0, 0.1) is 0 Å². The van der Waals surface area contributed by atoms with Gasteiger partial charge in [-0.15, -0.1) is 0 Å². The van der Waals surface area contributed by atoms with Crippen LogP contribution in [0.5, 0.6) is 11.5 Å². The number of hydrogen-bond donors (Lipinski definition) is 2. The Bertz CT molecular complexity index is 1010. The highest BCUT2D eigenvalue weighted by molar-refractivity contribution is 6.30. The van der Waals surface area contributed by atoms with Gasteiger partial charge in [0, 0.05) is 16.9 Å². The average Bonchev–Trinajstić information content (AvgIpc) is 2.69. The third-order valence-electron chi connectivity index (χ3n) is 4.36. The lowest BCUT2D eigenvalue weighted by Crippen LogP contribution is -2.24. The fraction of sp³-hybridized carbons (Fsp3) is 0.0455. The average molecular weight is 378 g/mol. The van der Waals surface area contributed by atoms with Crippen LogP contribution in [-0.4, -0.2) is 10.9 Å². The second kappa shape index (κ2) is 7.17. The van der Waals surface area contributed by atoms with Crippen LogP contribution in [0.3, 0.4) is 0 Å². The Labute approximate surface area is 161 Å². The van der Waals surface area contributed by atoms with E-state index in [4.69, 9.17) is 16.3 Å². The molecule has 0 aromatic heterocycles. The van der Waals surface area contributed by atoms with E-state index in [1.165, 1.54) is 0 Å². The van der Waals surface area contributed by atoms with Crippen molar-refractivity contribution in [3.8, 4) is 11.5 Å². The number of nitrogens with one attached hydrogen (secondary N) is 1. The number of carbonyl (C=O) groups excluding carboxylic acids is 1. The summed E-state index contributed by atoms with van der Waals surface area (Å²) in [6.45, 7) is 0. The molecular weight excluding hydrogens is 362 g/mol. The van der Waals surface area contributed by atoms with Crippen molar-refractivity contribution in [2.75, 3.05) is 5.32 Å². The van der Waals surface area contributed by atoms with E-state index in [9.17, 15) is 9.90 Å². The number of carbonyl (C=O) groups is 1. The van der Waals surface area contributed by atoms with Gasteiger partial charge in [-0.05, 0) is 54.1 Å². The zero-order chi connectivity index (χ0) is 18.8. The molecular formula is C22H16ClNO3. The molecule has 1 aliphatic heterocycles. The maximum atomic E-state index is 13.1. The number of halogens is 1. The lowest BCUT2D eigenvalue weighted by Gasteiger charge is -2.28. The third-order valence-corrected chi connectivity index (χ3v) is 4.61. The molecule has 2 N–H and O–H groups in total. The van der Waals surface area contributed by atoms with Crippen LogP contribution in [0.4, 0.5) is 5.69 Å². The zero-order valence-electron chi connectivity index (χ0n) is 14.2. The molecule has 1 atom stereocenters. The van der Waals surface area contributed by atoms with Gasteiger partial charge in [-0.2, -0.15) is 0 Å². The largest absolute Gasteiger partial charge is 0.508 e. The summed E-state index contributed by atoms with van der Waals surface area (Å²) in [4.78, 5) is 13.1. The van der Waals surface area contributed by atoms with Crippen LogP contribution in [0.25, 0.3) is 0 Å². The molecule has 0 saturated carbocycles. The highest BCUT2D eigenvalue weighted by Crippen LogP contribution is 2.38. The number of phenols is 1. The molecule has 1 aliphatic rings. The van der Waals surface area contributed by atoms with E-state index in [1.807, 2.05) is 24.3 Å². The maximum absolute atomic E-state index is 13.1. The van der Waals surface area contributed by atoms with Crippen LogP contribution < -0.4 is 10.1 Å². The molecule has 3 aromatic carbocycles. The number of Topliss-reactive ketones (excluding diaryl/α,β-unsaturated/α-hetero) is 1. The molecule has 0 aliphatic carbocycles. The number of fused-ring (bicyclic) bond motifs is 1. The first-order valence-electron chi connectivity index (χ1n) is 8.43. The van der Waals surface area contributed by atoms with Crippen LogP contribution in [-0.2, 0) is 0 Å². The minimum Gasteiger partial charge on any atom is -0.508 e. The van der Waals surface area contributed by atoms with E-state index in [1.54, 1.807) is 54.7 Å². The van der Waals surface area contributed by atoms with Gasteiger partial charge in [-0.1, -0.05) is 35.9 Å². The summed E-state index contributed by atoms with van der Waals surface area (Å²) < 4.78 is 6.12. The zero-order valence-corrected chi connectivity index (χ0v) is 15.0. The van der Waals surface area contributed by atoms with Gasteiger partial charge in [0.25, 0.3) is 0 Å². The van der Waals surface area contributed by atoms with Gasteiger partial charge in [-0.3, -0.25) is 4.79 Å². The number of aromatic hydroxyl groups is 1. The molecule has 27 heavy (non-hydrogen) atoms. The Morgan fingerprint density at radius 1 is 0.963 bits per heavy atom. The van der Waals surface area contributed by atoms with Crippen molar-refractivity contribution < 1.29 is 14.6 Å². The monoisotopic (exact) mass is 377 g/mol. The van der Waals surface area contributed by atoms with E-state index < -0.39 is 6.10 Å². The smallest absolute Gasteiger partial charge is 0.198 e. The molecule has 4 rings (SSSR count). The molecule has 0 radical (unpaired) electrons. The van der Waals surface area contributed by atoms with Crippen molar-refractivity contribution >= 4 is 23.1 Å². The standard InChI is InChI=1S/C22H16ClNO3/c23-15-7-9-16(10-8-15)24-13-19-21(26)18-3-1-2-4-20(18)27-22(19)14-5-11-17(25)12-6-14/h1-13,22,24-25H/b19-13+. The summed E-state index contributed by atoms with van der Waals surface area (Å²) in [5, 5.41) is 13.3. The van der Waals surface area contributed by atoms with Crippen molar-refractivity contribution in [1.82, 2.24) is 0 Å². The van der Waals surface area contributed by atoms with Crippen LogP contribution >= 0.6 is 11.6 Å². The second-order valence-electron chi connectivity index (χ2n) is 6.17. The Balaban J connectivity index is 1.74. The van der Waals surface area contributed by atoms with Gasteiger partial charge in [0.2, 0.25) is 0 Å². The van der Waals surface area contributed by atoms with Gasteiger partial charge >= 0.3 is 0 Å². The van der Waals surface area contributed by atoms with E-state index in [0.29, 0.717) is 21.9 Å². The summed E-state index contributed by atoms with van der Waals surface area (Å²) in [5.74, 6) is 0.603. The quantitative estimate of drug-likeness (QED) is 0.603. The molecule has 0 fully saturated rings. The predicted octanol–water partition coefficient (Wildman–Crippen LogP) is 5.36. The molecule has 0 bridgehead atoms. The van der Waals surface area contributed by atoms with Crippen LogP contribution in [0.2, 0.25) is 5.02 Å². The second-order valence-corrected chi connectivity index (χ2v) is 6.60. The van der Waals surface area contributed by atoms with Crippen molar-refractivity contribution in [3.05, 3.63) is 101 Å². The van der Waals surface area contributed by atoms with E-state index in [2.05, 4.69) is 5.32 Å². The van der Waals surface area contributed by atoms with Gasteiger partial charge in [-0.25, -0.2) is 0 Å². The number of anilines is 1. The van der Waals surface area contributed by atoms with Crippen molar-refractivity contribution in [2.45, 2.75) is 6.10 Å². The molecule has 1 unspecified atom stereocenters. The molecule has 1 heterocycles. The number of ketones is 1. The molecule has 3 aromatic rings. The van der Waals surface area contributed by atoms with E-state index in [0.717, 1.165) is 11.3 Å². The van der Waals surface area contributed by atoms with Gasteiger partial charge in [0.1, 0.15) is 11.5 Å². The number of hydrogen-bond acceptors (Lipinski definition) is 4. The summed E-state index contributed by atoms with van der Waals surface area (Å²) in [6, 6.07) is 21.0. The first-order valence-corrected chi connectivity index (χ1v) is 8.81. The minimum absolute atomic E-state index is 0.101. The highest BCUT2D eigenvalue weighted by atomic mass is 35.5. The van der Waals surface area contributed by atoms with E-state index >= 15 is 0 Å². The lowest BCUT2D eigenvalue weighted by molar-refractivity contribution is 0.0961. The predicted molar refractivity (Wildman–Crippen MR) is 105 cm³/mol. The van der Waals surface area contributed by atoms with Crippen molar-refractivity contribution in [3.63, 3.8) is 0 Å². The highest BCUT2D eigenvalue weighted by Gasteiger charge is 2.32. The van der Waals surface area contributed by atoms with Crippen LogP contribution in [0.1, 0.15) is 22.0 Å². The number of rotatable bonds is 3. The summed E-state index contributed by atoms with van der Waals surface area (Å²) in [5.41, 5.74) is 2.59. The maximum Gasteiger partial charge on any atom is 0.198 e. The lowest BCUT2D eigenvalue weighted by atomic mass is 9.91. The van der Waals surface area contributed by atoms with Crippen LogP contribution in [0.15, 0.2) is 84.6 Å². The van der Waals surface area contributed by atoms with Crippen molar-refractivity contribution in [2.24, 2.45) is 0 Å². The molecule has 0 amide bonds. The number of phenolic OH excluding ortho intramolecular Hbond substituents is 1. The van der Waals surface area contributed by atoms with Gasteiger partial charge in [0.15, 0.2) is 11.9 Å². The van der Waals surface area contributed by atoms with Gasteiger partial charge < -0.3 is 15.2 Å². The number of ether oxygens (including phenoxy) is 1. The number of benzene rings is 3. The van der Waals surface area contributed by atoms with Crippen molar-refractivity contribution in [1.29, 1.82) is 0 Å². The topological polar surface area (TPSA) is 58.6 Å². The first-order chi connectivity index (χ1) is 13.1. The molecule has 4 nitrogen and oxygen atoms in total. The molecule has 134 valence electrons. The Kier molecular flexibility index (Phi) is 4.57. The molecule has 0 saturated heterocycles. The normalized spacial score (nSPS) is 17.3. The Hall–Kier alpha value is -3.24. The summed E-state index contributed by atoms with van der Waals surface area (Å²) >= 11 is 5.92. The minimum atomic E-state index is -0.576. The SMILES string of the molecule is O=C1/C(=C\Nc2ccc(Cl)cc2)C(c2ccc(O)cc2)Oc2ccccc21. The Morgan fingerprint density at radius 3 is 2.41 bits per heavy atom. The number of para-hydroxylation sites is 1. The fourth-order valence-corrected chi connectivity index (χ4v) is 3.09. The summed E-state index contributed by atoms with van der Waals surface area (Å²) in [7, 11) is 0. The van der Waals surface area contributed by atoms with E-state index in [-0.39, 0.29) is 11.5 Å². The molecule has 5 heteroatoms. The Morgan fingerprint density at radius 2 is 1.67 bits per heavy atom. The third kappa shape index (κ3) is 3.52. The fourth-order valence-electron chi connectivity index (χ4n) is 2.97. The first kappa shape index (κ1) is 17.2. The van der Waals surface area contributed by atoms with Gasteiger partial charge in [0.05, 0.1) is 11.1 Å². The summed E-state index contributed by atoms with van der Waals surface area (Å²) in [6.07, 6.45) is 1.09. The molecule has 0 spiro atoms.